The van der Waals surface area contributed by atoms with E-state index in [1.54, 1.807) is 11.3 Å². The fraction of sp³-hybridized carbons (Fsp3) is 0.364. The lowest BCUT2D eigenvalue weighted by Gasteiger charge is -2.13. The van der Waals surface area contributed by atoms with Crippen molar-refractivity contribution in [2.45, 2.75) is 36.7 Å². The highest BCUT2D eigenvalue weighted by atomic mass is 35.5. The minimum atomic E-state index is -3.86. The number of fused-ring (bicyclic) bond motifs is 1. The Balaban J connectivity index is 1.32. The van der Waals surface area contributed by atoms with Crippen LogP contribution in [-0.2, 0) is 21.2 Å². The maximum atomic E-state index is 12.7. The Kier molecular flexibility index (Phi) is 7.42. The van der Waals surface area contributed by atoms with Gasteiger partial charge in [-0.1, -0.05) is 23.7 Å². The van der Waals surface area contributed by atoms with Gasteiger partial charge in [0.25, 0.3) is 5.91 Å². The van der Waals surface area contributed by atoms with Gasteiger partial charge in [0.1, 0.15) is 4.90 Å². The molecule has 1 atom stereocenters. The van der Waals surface area contributed by atoms with Crippen molar-refractivity contribution in [2.75, 3.05) is 19.7 Å². The standard InChI is InChI=1S/C22H24ClN3O4S2/c23-17-10-9-15(13-20(17)32(28,29)25-14-16-5-4-12-30-16)22(27)24-11-3-8-21-26-18-6-1-2-7-19(18)31-21/h1-2,6-7,9-10,13,16,25H,3-5,8,11-12,14H2,(H,24,27). The van der Waals surface area contributed by atoms with Crippen LogP contribution in [0.3, 0.4) is 0 Å². The molecule has 1 aliphatic heterocycles. The molecule has 32 heavy (non-hydrogen) atoms. The smallest absolute Gasteiger partial charge is 0.251 e. The zero-order valence-electron chi connectivity index (χ0n) is 17.3. The SMILES string of the molecule is O=C(NCCCc1nc2ccccc2s1)c1ccc(Cl)c(S(=O)(=O)NCC2CCCO2)c1. The van der Waals surface area contributed by atoms with E-state index in [0.29, 0.717) is 13.2 Å². The normalized spacial score (nSPS) is 16.5. The molecule has 170 valence electrons. The Hall–Kier alpha value is -2.04. The fourth-order valence-corrected chi connectivity index (χ4v) is 6.11. The molecule has 0 aliphatic carbocycles. The summed E-state index contributed by atoms with van der Waals surface area (Å²) in [7, 11) is -3.86. The number of benzene rings is 2. The van der Waals surface area contributed by atoms with Gasteiger partial charge >= 0.3 is 0 Å². The lowest BCUT2D eigenvalue weighted by atomic mass is 10.2. The van der Waals surface area contributed by atoms with Gasteiger partial charge in [-0.15, -0.1) is 11.3 Å². The van der Waals surface area contributed by atoms with Gasteiger partial charge in [0, 0.05) is 31.7 Å². The first-order valence-corrected chi connectivity index (χ1v) is 13.1. The molecular weight excluding hydrogens is 470 g/mol. The van der Waals surface area contributed by atoms with Crippen LogP contribution in [0.4, 0.5) is 0 Å². The summed E-state index contributed by atoms with van der Waals surface area (Å²) >= 11 is 7.77. The Labute approximate surface area is 196 Å². The number of rotatable bonds is 9. The van der Waals surface area contributed by atoms with Gasteiger partial charge in [-0.05, 0) is 49.6 Å². The average molecular weight is 494 g/mol. The molecule has 1 saturated heterocycles. The number of carbonyl (C=O) groups excluding carboxylic acids is 1. The number of hydrogen-bond donors (Lipinski definition) is 2. The minimum absolute atomic E-state index is 0.0669. The second-order valence-electron chi connectivity index (χ2n) is 7.57. The van der Waals surface area contributed by atoms with Crippen LogP contribution in [0, 0.1) is 0 Å². The highest BCUT2D eigenvalue weighted by molar-refractivity contribution is 7.89. The quantitative estimate of drug-likeness (QED) is 0.442. The van der Waals surface area contributed by atoms with Crippen molar-refractivity contribution in [3.05, 3.63) is 58.1 Å². The van der Waals surface area contributed by atoms with Crippen molar-refractivity contribution in [1.82, 2.24) is 15.0 Å². The minimum Gasteiger partial charge on any atom is -0.377 e. The van der Waals surface area contributed by atoms with Crippen LogP contribution in [0.15, 0.2) is 47.4 Å². The third-order valence-electron chi connectivity index (χ3n) is 5.20. The van der Waals surface area contributed by atoms with Crippen molar-refractivity contribution in [2.24, 2.45) is 0 Å². The number of carbonyl (C=O) groups is 1. The second kappa shape index (κ2) is 10.3. The van der Waals surface area contributed by atoms with E-state index in [2.05, 4.69) is 15.0 Å². The molecule has 1 amide bonds. The molecule has 0 bridgehead atoms. The van der Waals surface area contributed by atoms with Gasteiger partial charge in [0.05, 0.1) is 26.4 Å². The predicted octanol–water partition coefficient (Wildman–Crippen LogP) is 3.77. The van der Waals surface area contributed by atoms with E-state index in [-0.39, 0.29) is 34.0 Å². The Morgan fingerprint density at radius 1 is 1.25 bits per heavy atom. The number of nitrogens with one attached hydrogen (secondary N) is 2. The summed E-state index contributed by atoms with van der Waals surface area (Å²) in [4.78, 5) is 17.0. The number of aryl methyl sites for hydroxylation is 1. The molecule has 1 aromatic heterocycles. The topological polar surface area (TPSA) is 97.4 Å². The van der Waals surface area contributed by atoms with Crippen LogP contribution in [-0.4, -0.2) is 45.1 Å². The van der Waals surface area contributed by atoms with Crippen LogP contribution in [0.1, 0.15) is 34.6 Å². The lowest BCUT2D eigenvalue weighted by molar-refractivity contribution is 0.0953. The summed E-state index contributed by atoms with van der Waals surface area (Å²) in [6.45, 7) is 1.28. The first-order valence-electron chi connectivity index (χ1n) is 10.5. The van der Waals surface area contributed by atoms with Crippen LogP contribution < -0.4 is 10.0 Å². The zero-order valence-corrected chi connectivity index (χ0v) is 19.7. The van der Waals surface area contributed by atoms with Gasteiger partial charge < -0.3 is 10.1 Å². The number of hydrogen-bond acceptors (Lipinski definition) is 6. The van der Waals surface area contributed by atoms with E-state index < -0.39 is 10.0 Å². The van der Waals surface area contributed by atoms with Gasteiger partial charge in [-0.3, -0.25) is 4.79 Å². The van der Waals surface area contributed by atoms with Gasteiger partial charge in [-0.2, -0.15) is 0 Å². The molecule has 7 nitrogen and oxygen atoms in total. The molecule has 3 aromatic rings. The van der Waals surface area contributed by atoms with E-state index in [9.17, 15) is 13.2 Å². The Morgan fingerprint density at radius 2 is 2.09 bits per heavy atom. The average Bonchev–Trinajstić information content (AvgIpc) is 3.45. The third kappa shape index (κ3) is 5.65. The van der Waals surface area contributed by atoms with E-state index in [1.165, 1.54) is 18.2 Å². The number of ether oxygens (including phenoxy) is 1. The van der Waals surface area contributed by atoms with E-state index in [1.807, 2.05) is 24.3 Å². The number of sulfonamides is 1. The lowest BCUT2D eigenvalue weighted by Crippen LogP contribution is -2.32. The molecule has 0 saturated carbocycles. The van der Waals surface area contributed by atoms with Crippen LogP contribution in [0.2, 0.25) is 5.02 Å². The number of thiazole rings is 1. The predicted molar refractivity (Wildman–Crippen MR) is 126 cm³/mol. The number of halogens is 1. The van der Waals surface area contributed by atoms with E-state index in [4.69, 9.17) is 16.3 Å². The molecule has 4 rings (SSSR count). The number of nitrogens with zero attached hydrogens (tertiary/aromatic N) is 1. The summed E-state index contributed by atoms with van der Waals surface area (Å²) < 4.78 is 34.5. The van der Waals surface area contributed by atoms with Crippen molar-refractivity contribution >= 4 is 49.1 Å². The fourth-order valence-electron chi connectivity index (χ4n) is 3.51. The van der Waals surface area contributed by atoms with E-state index >= 15 is 0 Å². The maximum Gasteiger partial charge on any atom is 0.251 e. The summed E-state index contributed by atoms with van der Waals surface area (Å²) in [5.41, 5.74) is 1.23. The molecule has 1 unspecified atom stereocenters. The first kappa shape index (κ1) is 23.1. The van der Waals surface area contributed by atoms with Crippen molar-refractivity contribution in [3.8, 4) is 0 Å². The molecule has 0 spiro atoms. The number of para-hydroxylation sites is 1. The summed E-state index contributed by atoms with van der Waals surface area (Å²) in [5.74, 6) is -0.346. The number of amides is 1. The molecule has 10 heteroatoms. The van der Waals surface area contributed by atoms with Crippen LogP contribution in [0.25, 0.3) is 10.2 Å². The summed E-state index contributed by atoms with van der Waals surface area (Å²) in [5, 5.41) is 3.93. The van der Waals surface area contributed by atoms with Gasteiger partial charge in [0.15, 0.2) is 0 Å². The molecule has 2 aromatic carbocycles. The molecule has 1 aliphatic rings. The molecule has 2 heterocycles. The molecular formula is C22H24ClN3O4S2. The highest BCUT2D eigenvalue weighted by Crippen LogP contribution is 2.24. The first-order chi connectivity index (χ1) is 15.4. The Bertz CT molecular complexity index is 1170. The van der Waals surface area contributed by atoms with E-state index in [0.717, 1.165) is 40.9 Å². The monoisotopic (exact) mass is 493 g/mol. The maximum absolute atomic E-state index is 12.7. The summed E-state index contributed by atoms with van der Waals surface area (Å²) in [6.07, 6.45) is 3.09. The molecule has 0 radical (unpaired) electrons. The molecule has 2 N–H and O–H groups in total. The van der Waals surface area contributed by atoms with Crippen molar-refractivity contribution < 1.29 is 17.9 Å². The second-order valence-corrected chi connectivity index (χ2v) is 10.8. The zero-order chi connectivity index (χ0) is 22.6. The van der Waals surface area contributed by atoms with Crippen molar-refractivity contribution in [3.63, 3.8) is 0 Å². The van der Waals surface area contributed by atoms with Gasteiger partial charge in [-0.25, -0.2) is 18.1 Å². The van der Waals surface area contributed by atoms with Gasteiger partial charge in [0.2, 0.25) is 10.0 Å². The molecule has 1 fully saturated rings. The largest absolute Gasteiger partial charge is 0.377 e. The van der Waals surface area contributed by atoms with Crippen molar-refractivity contribution in [1.29, 1.82) is 0 Å². The Morgan fingerprint density at radius 3 is 2.88 bits per heavy atom. The van der Waals surface area contributed by atoms with Crippen LogP contribution >= 0.6 is 22.9 Å². The van der Waals surface area contributed by atoms with Crippen LogP contribution in [0.5, 0.6) is 0 Å². The highest BCUT2D eigenvalue weighted by Gasteiger charge is 2.23. The number of aromatic nitrogens is 1. The summed E-state index contributed by atoms with van der Waals surface area (Å²) in [6, 6.07) is 12.2. The third-order valence-corrected chi connectivity index (χ3v) is 8.20.